The standard InChI is InChI=1S/C27H27N3O4/c1-17-12-13-23(33-2)20(15-17)29-25(32)16-30-21-9-4-3-7-18(21)28-19-8-5-10-22(31)26(19)27(30)24-11-6-14-34-24/h3-4,6-7,9,11-15,27-28H,5,8,10,16H2,1-2H3,(H,29,32)/t27-/m1/s1. The minimum atomic E-state index is -0.515. The van der Waals surface area contributed by atoms with Crippen LogP contribution >= 0.6 is 0 Å². The number of carbonyl (C=O) groups excluding carboxylic acids is 2. The molecule has 0 fully saturated rings. The molecular weight excluding hydrogens is 430 g/mol. The van der Waals surface area contributed by atoms with E-state index >= 15 is 0 Å². The number of Topliss-reactive ketones (excluding diaryl/α,β-unsaturated/α-hetero) is 1. The lowest BCUT2D eigenvalue weighted by Gasteiger charge is -2.33. The van der Waals surface area contributed by atoms with Gasteiger partial charge in [-0.2, -0.15) is 0 Å². The molecule has 2 aromatic carbocycles. The maximum absolute atomic E-state index is 13.4. The Bertz CT molecular complexity index is 1260. The van der Waals surface area contributed by atoms with E-state index < -0.39 is 6.04 Å². The van der Waals surface area contributed by atoms with Crippen LogP contribution in [-0.2, 0) is 9.59 Å². The van der Waals surface area contributed by atoms with Gasteiger partial charge in [0.05, 0.1) is 37.0 Å². The molecular formula is C27H27N3O4. The van der Waals surface area contributed by atoms with Crippen LogP contribution in [0.2, 0.25) is 0 Å². The summed E-state index contributed by atoms with van der Waals surface area (Å²) in [6.45, 7) is 1.98. The van der Waals surface area contributed by atoms with Crippen molar-refractivity contribution in [1.82, 2.24) is 0 Å². The number of ether oxygens (including phenoxy) is 1. The van der Waals surface area contributed by atoms with Crippen molar-refractivity contribution in [2.45, 2.75) is 32.2 Å². The number of rotatable bonds is 5. The summed E-state index contributed by atoms with van der Waals surface area (Å²) in [4.78, 5) is 28.5. The minimum absolute atomic E-state index is 0.0191. The molecule has 174 valence electrons. The molecule has 1 aliphatic carbocycles. The first-order chi connectivity index (χ1) is 16.5. The first-order valence-corrected chi connectivity index (χ1v) is 11.4. The first-order valence-electron chi connectivity index (χ1n) is 11.4. The number of fused-ring (bicyclic) bond motifs is 1. The van der Waals surface area contributed by atoms with Crippen LogP contribution in [-0.4, -0.2) is 25.3 Å². The summed E-state index contributed by atoms with van der Waals surface area (Å²) in [7, 11) is 1.58. The van der Waals surface area contributed by atoms with Crippen LogP contribution in [0.3, 0.4) is 0 Å². The van der Waals surface area contributed by atoms with Gasteiger partial charge in [-0.1, -0.05) is 18.2 Å². The van der Waals surface area contributed by atoms with Crippen molar-refractivity contribution in [3.8, 4) is 5.75 Å². The zero-order valence-electron chi connectivity index (χ0n) is 19.3. The second-order valence-electron chi connectivity index (χ2n) is 8.61. The largest absolute Gasteiger partial charge is 0.495 e. The fraction of sp³-hybridized carbons (Fsp3) is 0.259. The Morgan fingerprint density at radius 2 is 2.03 bits per heavy atom. The van der Waals surface area contributed by atoms with E-state index in [0.717, 1.165) is 35.5 Å². The average molecular weight is 458 g/mol. The fourth-order valence-corrected chi connectivity index (χ4v) is 4.78. The quantitative estimate of drug-likeness (QED) is 0.547. The lowest BCUT2D eigenvalue weighted by atomic mass is 9.88. The van der Waals surface area contributed by atoms with E-state index in [2.05, 4.69) is 10.6 Å². The molecule has 0 saturated carbocycles. The highest BCUT2D eigenvalue weighted by Gasteiger charge is 2.38. The summed E-state index contributed by atoms with van der Waals surface area (Å²) in [5, 5.41) is 6.48. The van der Waals surface area contributed by atoms with Crippen molar-refractivity contribution in [1.29, 1.82) is 0 Å². The topological polar surface area (TPSA) is 83.8 Å². The number of hydrogen-bond donors (Lipinski definition) is 2. The van der Waals surface area contributed by atoms with E-state index in [4.69, 9.17) is 9.15 Å². The SMILES string of the molecule is COc1ccc(C)cc1NC(=O)CN1c2ccccc2NC2=C(C(=O)CCC2)[C@H]1c1ccco1. The van der Waals surface area contributed by atoms with Crippen molar-refractivity contribution in [2.24, 2.45) is 0 Å². The van der Waals surface area contributed by atoms with Crippen LogP contribution in [0.15, 0.2) is 76.5 Å². The average Bonchev–Trinajstić information content (AvgIpc) is 3.31. The predicted octanol–water partition coefficient (Wildman–Crippen LogP) is 5.22. The van der Waals surface area contributed by atoms with Gasteiger partial charge in [-0.25, -0.2) is 0 Å². The van der Waals surface area contributed by atoms with Gasteiger partial charge < -0.3 is 24.7 Å². The summed E-state index contributed by atoms with van der Waals surface area (Å²) < 4.78 is 11.2. The smallest absolute Gasteiger partial charge is 0.244 e. The van der Waals surface area contributed by atoms with Gasteiger partial charge >= 0.3 is 0 Å². The lowest BCUT2D eigenvalue weighted by Crippen LogP contribution is -2.38. The van der Waals surface area contributed by atoms with Crippen LogP contribution in [0.4, 0.5) is 17.1 Å². The molecule has 1 atom stereocenters. The second kappa shape index (κ2) is 9.09. The summed E-state index contributed by atoms with van der Waals surface area (Å²) >= 11 is 0. The van der Waals surface area contributed by atoms with Gasteiger partial charge in [-0.15, -0.1) is 0 Å². The molecule has 3 aromatic rings. The summed E-state index contributed by atoms with van der Waals surface area (Å²) in [5.74, 6) is 1.07. The number of methoxy groups -OCH3 is 1. The highest BCUT2D eigenvalue weighted by molar-refractivity contribution is 6.02. The van der Waals surface area contributed by atoms with Crippen LogP contribution in [0, 0.1) is 6.92 Å². The number of ketones is 1. The summed E-state index contributed by atoms with van der Waals surface area (Å²) in [5.41, 5.74) is 4.87. The zero-order valence-corrected chi connectivity index (χ0v) is 19.3. The van der Waals surface area contributed by atoms with Gasteiger partial charge in [0.1, 0.15) is 17.6 Å². The van der Waals surface area contributed by atoms with Crippen molar-refractivity contribution in [3.05, 3.63) is 83.5 Å². The molecule has 2 heterocycles. The molecule has 0 unspecified atom stereocenters. The number of nitrogens with zero attached hydrogens (tertiary/aromatic N) is 1. The molecule has 7 nitrogen and oxygen atoms in total. The van der Waals surface area contributed by atoms with E-state index in [-0.39, 0.29) is 18.2 Å². The number of para-hydroxylation sites is 2. The first kappa shape index (κ1) is 21.8. The number of anilines is 3. The van der Waals surface area contributed by atoms with Gasteiger partial charge in [0.15, 0.2) is 5.78 Å². The Balaban J connectivity index is 1.57. The Hall–Kier alpha value is -4.00. The predicted molar refractivity (Wildman–Crippen MR) is 131 cm³/mol. The van der Waals surface area contributed by atoms with Gasteiger partial charge in [0.2, 0.25) is 5.91 Å². The van der Waals surface area contributed by atoms with Gasteiger partial charge in [-0.3, -0.25) is 9.59 Å². The molecule has 1 aromatic heterocycles. The Morgan fingerprint density at radius 1 is 1.18 bits per heavy atom. The van der Waals surface area contributed by atoms with Crippen molar-refractivity contribution < 1.29 is 18.7 Å². The molecule has 5 rings (SSSR count). The monoisotopic (exact) mass is 457 g/mol. The Labute approximate surface area is 198 Å². The Morgan fingerprint density at radius 3 is 2.82 bits per heavy atom. The van der Waals surface area contributed by atoms with E-state index in [1.54, 1.807) is 13.4 Å². The molecule has 0 bridgehead atoms. The molecule has 34 heavy (non-hydrogen) atoms. The number of allylic oxidation sites excluding steroid dienone is 1. The normalized spacial score (nSPS) is 17.4. The second-order valence-corrected chi connectivity index (χ2v) is 8.61. The number of benzene rings is 2. The molecule has 1 aliphatic heterocycles. The maximum Gasteiger partial charge on any atom is 0.244 e. The number of hydrogen-bond acceptors (Lipinski definition) is 6. The molecule has 0 saturated heterocycles. The highest BCUT2D eigenvalue weighted by Crippen LogP contribution is 2.44. The Kier molecular flexibility index (Phi) is 5.84. The molecule has 7 heteroatoms. The third kappa shape index (κ3) is 4.05. The van der Waals surface area contributed by atoms with Crippen molar-refractivity contribution >= 4 is 28.8 Å². The third-order valence-corrected chi connectivity index (χ3v) is 6.30. The fourth-order valence-electron chi connectivity index (χ4n) is 4.78. The molecule has 2 aliphatic rings. The summed E-state index contributed by atoms with van der Waals surface area (Å²) in [6.07, 6.45) is 3.65. The van der Waals surface area contributed by atoms with E-state index in [9.17, 15) is 9.59 Å². The maximum atomic E-state index is 13.4. The van der Waals surface area contributed by atoms with Crippen LogP contribution in [0.5, 0.6) is 5.75 Å². The number of aryl methyl sites for hydroxylation is 1. The highest BCUT2D eigenvalue weighted by atomic mass is 16.5. The third-order valence-electron chi connectivity index (χ3n) is 6.30. The molecule has 1 amide bonds. The zero-order chi connectivity index (χ0) is 23.7. The number of furan rings is 1. The van der Waals surface area contributed by atoms with E-state index in [1.165, 1.54) is 0 Å². The van der Waals surface area contributed by atoms with Crippen LogP contribution in [0.1, 0.15) is 36.6 Å². The molecule has 2 N–H and O–H groups in total. The van der Waals surface area contributed by atoms with Crippen molar-refractivity contribution in [2.75, 3.05) is 29.2 Å². The van der Waals surface area contributed by atoms with Crippen LogP contribution < -0.4 is 20.3 Å². The number of amides is 1. The van der Waals surface area contributed by atoms with E-state index in [1.807, 2.05) is 66.4 Å². The lowest BCUT2D eigenvalue weighted by molar-refractivity contribution is -0.117. The van der Waals surface area contributed by atoms with Crippen molar-refractivity contribution in [3.63, 3.8) is 0 Å². The van der Waals surface area contributed by atoms with Gasteiger partial charge in [0.25, 0.3) is 0 Å². The van der Waals surface area contributed by atoms with Gasteiger partial charge in [0, 0.05) is 17.7 Å². The summed E-state index contributed by atoms with van der Waals surface area (Å²) in [6, 6.07) is 16.6. The molecule has 0 radical (unpaired) electrons. The van der Waals surface area contributed by atoms with E-state index in [0.29, 0.717) is 29.2 Å². The van der Waals surface area contributed by atoms with Gasteiger partial charge in [-0.05, 0) is 61.7 Å². The minimum Gasteiger partial charge on any atom is -0.495 e. The number of carbonyl (C=O) groups is 2. The number of nitrogens with one attached hydrogen (secondary N) is 2. The van der Waals surface area contributed by atoms with Crippen LogP contribution in [0.25, 0.3) is 0 Å². The molecule has 0 spiro atoms.